The van der Waals surface area contributed by atoms with Gasteiger partial charge < -0.3 is 10.1 Å². The van der Waals surface area contributed by atoms with Crippen molar-refractivity contribution >= 4 is 18.0 Å². The normalized spacial score (nSPS) is 15.6. The van der Waals surface area contributed by atoms with E-state index in [9.17, 15) is 14.0 Å². The molecule has 1 aliphatic rings. The zero-order valence-corrected chi connectivity index (χ0v) is 13.9. The maximum atomic E-state index is 13.8. The predicted molar refractivity (Wildman–Crippen MR) is 91.2 cm³/mol. The number of amides is 3. The Morgan fingerprint density at radius 1 is 1.20 bits per heavy atom. The lowest BCUT2D eigenvalue weighted by Crippen LogP contribution is -2.30. The van der Waals surface area contributed by atoms with E-state index in [-0.39, 0.29) is 17.8 Å². The van der Waals surface area contributed by atoms with E-state index in [0.717, 1.165) is 16.0 Å². The highest BCUT2D eigenvalue weighted by atomic mass is 19.1. The quantitative estimate of drug-likeness (QED) is 0.687. The summed E-state index contributed by atoms with van der Waals surface area (Å²) < 4.78 is 18.9. The summed E-state index contributed by atoms with van der Waals surface area (Å²) in [7, 11) is 1.58. The summed E-state index contributed by atoms with van der Waals surface area (Å²) in [6, 6.07) is 10.9. The zero-order chi connectivity index (χ0) is 18.0. The Morgan fingerprint density at radius 2 is 1.96 bits per heavy atom. The molecule has 6 heteroatoms. The van der Waals surface area contributed by atoms with Gasteiger partial charge >= 0.3 is 6.03 Å². The number of urea groups is 1. The standard InChI is InChI=1S/C19H17FN2O3/c1-12-9-15(25-2)8-7-13(12)10-17-18(23)22(19(24)21-17)11-14-5-3-4-6-16(14)20/h3-10H,11H2,1-2H3,(H,21,24)/b17-10+. The van der Waals surface area contributed by atoms with Crippen LogP contribution in [0.1, 0.15) is 16.7 Å². The van der Waals surface area contributed by atoms with Gasteiger partial charge in [-0.2, -0.15) is 0 Å². The number of aryl methyl sites for hydroxylation is 1. The molecule has 0 aromatic heterocycles. The Bertz CT molecular complexity index is 877. The van der Waals surface area contributed by atoms with Crippen LogP contribution in [0.25, 0.3) is 6.08 Å². The Balaban J connectivity index is 1.85. The average Bonchev–Trinajstić information content (AvgIpc) is 2.86. The first-order valence-electron chi connectivity index (χ1n) is 7.72. The topological polar surface area (TPSA) is 58.6 Å². The molecule has 1 aliphatic heterocycles. The van der Waals surface area contributed by atoms with Gasteiger partial charge in [0.25, 0.3) is 5.91 Å². The number of imide groups is 1. The minimum absolute atomic E-state index is 0.115. The van der Waals surface area contributed by atoms with Gasteiger partial charge in [0.15, 0.2) is 0 Å². The van der Waals surface area contributed by atoms with Crippen molar-refractivity contribution in [3.05, 3.63) is 70.7 Å². The van der Waals surface area contributed by atoms with Crippen LogP contribution in [0.5, 0.6) is 5.75 Å². The number of ether oxygens (including phenoxy) is 1. The van der Waals surface area contributed by atoms with Gasteiger partial charge in [0.1, 0.15) is 17.3 Å². The van der Waals surface area contributed by atoms with Crippen LogP contribution in [-0.4, -0.2) is 23.9 Å². The molecule has 2 aromatic carbocycles. The fourth-order valence-electron chi connectivity index (χ4n) is 2.60. The number of rotatable bonds is 4. The van der Waals surface area contributed by atoms with Gasteiger partial charge in [-0.05, 0) is 42.3 Å². The van der Waals surface area contributed by atoms with E-state index in [4.69, 9.17) is 4.74 Å². The summed E-state index contributed by atoms with van der Waals surface area (Å²) >= 11 is 0. The second-order valence-corrected chi connectivity index (χ2v) is 5.69. The fraction of sp³-hybridized carbons (Fsp3) is 0.158. The third-order valence-corrected chi connectivity index (χ3v) is 4.03. The van der Waals surface area contributed by atoms with Crippen LogP contribution in [0, 0.1) is 12.7 Å². The highest BCUT2D eigenvalue weighted by molar-refractivity contribution is 6.13. The number of benzene rings is 2. The molecular weight excluding hydrogens is 323 g/mol. The van der Waals surface area contributed by atoms with Gasteiger partial charge in [-0.3, -0.25) is 9.69 Å². The highest BCUT2D eigenvalue weighted by Crippen LogP contribution is 2.22. The van der Waals surface area contributed by atoms with Gasteiger partial charge in [-0.15, -0.1) is 0 Å². The first kappa shape index (κ1) is 16.7. The Kier molecular flexibility index (Phi) is 4.52. The largest absolute Gasteiger partial charge is 0.497 e. The number of nitrogens with zero attached hydrogens (tertiary/aromatic N) is 1. The molecule has 1 heterocycles. The monoisotopic (exact) mass is 340 g/mol. The SMILES string of the molecule is COc1ccc(/C=C2/NC(=O)N(Cc3ccccc3F)C2=O)c(C)c1. The van der Waals surface area contributed by atoms with Crippen molar-refractivity contribution in [3.63, 3.8) is 0 Å². The molecule has 0 unspecified atom stereocenters. The first-order valence-corrected chi connectivity index (χ1v) is 7.72. The summed E-state index contributed by atoms with van der Waals surface area (Å²) in [5.74, 6) is -0.224. The summed E-state index contributed by atoms with van der Waals surface area (Å²) in [6.07, 6.45) is 1.61. The molecule has 1 N–H and O–H groups in total. The molecule has 1 saturated heterocycles. The molecular formula is C19H17FN2O3. The molecule has 0 saturated carbocycles. The summed E-state index contributed by atoms with van der Waals surface area (Å²) in [6.45, 7) is 1.77. The zero-order valence-electron chi connectivity index (χ0n) is 13.9. The van der Waals surface area contributed by atoms with E-state index in [1.54, 1.807) is 43.5 Å². The molecule has 3 rings (SSSR count). The van der Waals surface area contributed by atoms with Crippen molar-refractivity contribution in [2.45, 2.75) is 13.5 Å². The minimum atomic E-state index is -0.564. The number of carbonyl (C=O) groups is 2. The van der Waals surface area contributed by atoms with Crippen molar-refractivity contribution in [1.82, 2.24) is 10.2 Å². The van der Waals surface area contributed by atoms with Crippen LogP contribution >= 0.6 is 0 Å². The minimum Gasteiger partial charge on any atom is -0.497 e. The average molecular weight is 340 g/mol. The van der Waals surface area contributed by atoms with E-state index < -0.39 is 17.8 Å². The van der Waals surface area contributed by atoms with Crippen LogP contribution in [0.15, 0.2) is 48.2 Å². The molecule has 2 aromatic rings. The van der Waals surface area contributed by atoms with Crippen molar-refractivity contribution in [2.24, 2.45) is 0 Å². The second-order valence-electron chi connectivity index (χ2n) is 5.69. The lowest BCUT2D eigenvalue weighted by Gasteiger charge is -2.12. The van der Waals surface area contributed by atoms with Crippen molar-refractivity contribution < 1.29 is 18.7 Å². The van der Waals surface area contributed by atoms with Crippen LogP contribution in [0.3, 0.4) is 0 Å². The molecule has 5 nitrogen and oxygen atoms in total. The smallest absolute Gasteiger partial charge is 0.329 e. The van der Waals surface area contributed by atoms with Gasteiger partial charge in [0.05, 0.1) is 13.7 Å². The van der Waals surface area contributed by atoms with Crippen molar-refractivity contribution in [1.29, 1.82) is 0 Å². The molecule has 1 fully saturated rings. The Labute approximate surface area is 144 Å². The van der Waals surface area contributed by atoms with E-state index >= 15 is 0 Å². The number of hydrogen-bond acceptors (Lipinski definition) is 3. The van der Waals surface area contributed by atoms with Gasteiger partial charge in [-0.1, -0.05) is 24.3 Å². The highest BCUT2D eigenvalue weighted by Gasteiger charge is 2.34. The molecule has 0 atom stereocenters. The Hall–Kier alpha value is -3.15. The third-order valence-electron chi connectivity index (χ3n) is 4.03. The maximum Gasteiger partial charge on any atom is 0.329 e. The van der Waals surface area contributed by atoms with Gasteiger partial charge in [0, 0.05) is 5.56 Å². The van der Waals surface area contributed by atoms with Crippen LogP contribution in [0.4, 0.5) is 9.18 Å². The third kappa shape index (κ3) is 3.38. The molecule has 0 radical (unpaired) electrons. The summed E-state index contributed by atoms with van der Waals surface area (Å²) in [5, 5.41) is 2.54. The molecule has 0 bridgehead atoms. The number of carbonyl (C=O) groups excluding carboxylic acids is 2. The van der Waals surface area contributed by atoms with Gasteiger partial charge in [0.2, 0.25) is 0 Å². The fourth-order valence-corrected chi connectivity index (χ4v) is 2.60. The molecule has 3 amide bonds. The van der Waals surface area contributed by atoms with Gasteiger partial charge in [-0.25, -0.2) is 9.18 Å². The number of halogens is 1. The van der Waals surface area contributed by atoms with Crippen molar-refractivity contribution in [2.75, 3.05) is 7.11 Å². The Morgan fingerprint density at radius 3 is 2.64 bits per heavy atom. The van der Waals surface area contributed by atoms with Crippen LogP contribution < -0.4 is 10.1 Å². The summed E-state index contributed by atoms with van der Waals surface area (Å²) in [5.41, 5.74) is 2.14. The number of nitrogens with one attached hydrogen (secondary N) is 1. The second kappa shape index (κ2) is 6.76. The summed E-state index contributed by atoms with van der Waals surface area (Å²) in [4.78, 5) is 25.6. The molecule has 25 heavy (non-hydrogen) atoms. The number of hydrogen-bond donors (Lipinski definition) is 1. The predicted octanol–water partition coefficient (Wildman–Crippen LogP) is 3.24. The van der Waals surface area contributed by atoms with E-state index in [0.29, 0.717) is 5.75 Å². The first-order chi connectivity index (χ1) is 12.0. The van der Waals surface area contributed by atoms with Crippen LogP contribution in [0.2, 0.25) is 0 Å². The molecule has 0 aliphatic carbocycles. The van der Waals surface area contributed by atoms with Crippen molar-refractivity contribution in [3.8, 4) is 5.75 Å². The number of methoxy groups -OCH3 is 1. The molecule has 128 valence electrons. The van der Waals surface area contributed by atoms with E-state index in [1.807, 2.05) is 13.0 Å². The lowest BCUT2D eigenvalue weighted by atomic mass is 10.1. The van der Waals surface area contributed by atoms with E-state index in [2.05, 4.69) is 5.32 Å². The van der Waals surface area contributed by atoms with E-state index in [1.165, 1.54) is 6.07 Å². The van der Waals surface area contributed by atoms with Crippen LogP contribution in [-0.2, 0) is 11.3 Å². The maximum absolute atomic E-state index is 13.8. The lowest BCUT2D eigenvalue weighted by molar-refractivity contribution is -0.123. The molecule has 0 spiro atoms.